The summed E-state index contributed by atoms with van der Waals surface area (Å²) in [5.74, 6) is 0.426. The Morgan fingerprint density at radius 1 is 1.13 bits per heavy atom. The first-order valence-electron chi connectivity index (χ1n) is 10.2. The van der Waals surface area contributed by atoms with Crippen LogP contribution in [-0.4, -0.2) is 16.7 Å². The van der Waals surface area contributed by atoms with Gasteiger partial charge in [0.1, 0.15) is 11.3 Å². The van der Waals surface area contributed by atoms with Gasteiger partial charge in [0, 0.05) is 12.1 Å². The number of hydrogen-bond acceptors (Lipinski definition) is 6. The molecule has 0 fully saturated rings. The number of aromatic nitrogens is 1. The molecule has 2 aromatic carbocycles. The first kappa shape index (κ1) is 18.6. The number of rotatable bonds is 2. The van der Waals surface area contributed by atoms with Crippen molar-refractivity contribution >= 4 is 28.9 Å². The van der Waals surface area contributed by atoms with Crippen molar-refractivity contribution in [1.82, 2.24) is 10.3 Å². The third-order valence-electron chi connectivity index (χ3n) is 5.64. The van der Waals surface area contributed by atoms with Crippen LogP contribution in [0.1, 0.15) is 37.4 Å². The van der Waals surface area contributed by atoms with E-state index < -0.39 is 0 Å². The maximum atomic E-state index is 13.1. The third-order valence-corrected chi connectivity index (χ3v) is 5.64. The molecule has 152 valence electrons. The van der Waals surface area contributed by atoms with Gasteiger partial charge in [-0.15, -0.1) is 0 Å². The van der Waals surface area contributed by atoms with Gasteiger partial charge in [0.15, 0.2) is 5.58 Å². The van der Waals surface area contributed by atoms with E-state index in [-0.39, 0.29) is 23.2 Å². The lowest BCUT2D eigenvalue weighted by molar-refractivity contribution is -0.124. The van der Waals surface area contributed by atoms with E-state index in [0.717, 1.165) is 16.8 Å². The van der Waals surface area contributed by atoms with Crippen LogP contribution in [-0.2, 0) is 4.79 Å². The number of ketones is 1. The molecule has 30 heavy (non-hydrogen) atoms. The zero-order chi connectivity index (χ0) is 20.9. The highest BCUT2D eigenvalue weighted by molar-refractivity contribution is 5.98. The van der Waals surface area contributed by atoms with E-state index in [1.807, 2.05) is 24.3 Å². The molecule has 6 heteroatoms. The Morgan fingerprint density at radius 2 is 1.90 bits per heavy atom. The first-order valence-corrected chi connectivity index (χ1v) is 10.2. The maximum Gasteiger partial charge on any atom is 0.302 e. The summed E-state index contributed by atoms with van der Waals surface area (Å²) in [5.41, 5.74) is 4.36. The Hall–Kier alpha value is -3.41. The summed E-state index contributed by atoms with van der Waals surface area (Å²) >= 11 is 0. The van der Waals surface area contributed by atoms with Crippen LogP contribution in [0.15, 0.2) is 69.7 Å². The van der Waals surface area contributed by atoms with Crippen molar-refractivity contribution < 1.29 is 9.21 Å². The topological polar surface area (TPSA) is 79.5 Å². The summed E-state index contributed by atoms with van der Waals surface area (Å²) < 4.78 is 5.80. The van der Waals surface area contributed by atoms with Crippen molar-refractivity contribution in [1.29, 1.82) is 0 Å². The number of carbonyl (C=O) groups is 1. The van der Waals surface area contributed by atoms with Gasteiger partial charge in [0.05, 0.1) is 12.0 Å². The van der Waals surface area contributed by atoms with E-state index in [1.165, 1.54) is 5.56 Å². The molecule has 0 radical (unpaired) electrons. The molecule has 2 heterocycles. The predicted molar refractivity (Wildman–Crippen MR) is 117 cm³/mol. The van der Waals surface area contributed by atoms with E-state index in [1.54, 1.807) is 0 Å². The quantitative estimate of drug-likeness (QED) is 0.649. The summed E-state index contributed by atoms with van der Waals surface area (Å²) in [6.45, 7) is 6.21. The average molecular weight is 400 g/mol. The molecular formula is C24H24N4O2. The molecule has 0 saturated heterocycles. The number of nitrogens with one attached hydrogen (secondary N) is 2. The molecular weight excluding hydrogens is 376 g/mol. The van der Waals surface area contributed by atoms with Crippen LogP contribution in [0.3, 0.4) is 0 Å². The fourth-order valence-corrected chi connectivity index (χ4v) is 4.26. The Kier molecular flexibility index (Phi) is 4.24. The Morgan fingerprint density at radius 3 is 2.67 bits per heavy atom. The summed E-state index contributed by atoms with van der Waals surface area (Å²) in [6.07, 6.45) is 2.66. The number of oxazole rings is 1. The zero-order valence-electron chi connectivity index (χ0n) is 17.3. The summed E-state index contributed by atoms with van der Waals surface area (Å²) in [4.78, 5) is 22.4. The minimum absolute atomic E-state index is 0.201. The van der Waals surface area contributed by atoms with Crippen molar-refractivity contribution in [2.24, 2.45) is 16.3 Å². The molecule has 3 aromatic rings. The van der Waals surface area contributed by atoms with Gasteiger partial charge in [-0.05, 0) is 30.0 Å². The van der Waals surface area contributed by atoms with E-state index in [9.17, 15) is 4.79 Å². The minimum Gasteiger partial charge on any atom is -0.423 e. The van der Waals surface area contributed by atoms with E-state index in [0.29, 0.717) is 24.0 Å². The second kappa shape index (κ2) is 6.83. The number of nitrogens with zero attached hydrogens (tertiary/aromatic N) is 2. The Balaban J connectivity index is 1.55. The monoisotopic (exact) mass is 400 g/mol. The van der Waals surface area contributed by atoms with E-state index in [2.05, 4.69) is 66.7 Å². The molecule has 2 N–H and O–H groups in total. The summed E-state index contributed by atoms with van der Waals surface area (Å²) in [7, 11) is 0. The lowest BCUT2D eigenvalue weighted by atomic mass is 9.72. The number of allylic oxidation sites excluding steroid dienone is 1. The van der Waals surface area contributed by atoms with Crippen molar-refractivity contribution in [2.75, 3.05) is 5.32 Å². The number of hydrogen-bond donors (Lipinski definition) is 2. The highest BCUT2D eigenvalue weighted by atomic mass is 16.4. The molecule has 0 saturated carbocycles. The fraction of sp³-hybridized carbons (Fsp3) is 0.292. The largest absolute Gasteiger partial charge is 0.423 e. The number of guanidine groups is 1. The average Bonchev–Trinajstić information content (AvgIpc) is 3.09. The molecule has 2 atom stereocenters. The first-order chi connectivity index (χ1) is 14.4. The molecule has 2 aliphatic rings. The lowest BCUT2D eigenvalue weighted by Crippen LogP contribution is -2.45. The van der Waals surface area contributed by atoms with E-state index in [4.69, 9.17) is 9.41 Å². The van der Waals surface area contributed by atoms with Crippen LogP contribution in [0.2, 0.25) is 0 Å². The summed E-state index contributed by atoms with van der Waals surface area (Å²) in [6, 6.07) is 15.9. The number of anilines is 1. The van der Waals surface area contributed by atoms with Gasteiger partial charge < -0.3 is 9.73 Å². The number of para-hydroxylation sites is 2. The van der Waals surface area contributed by atoms with Crippen LogP contribution >= 0.6 is 0 Å². The highest BCUT2D eigenvalue weighted by Crippen LogP contribution is 2.42. The predicted octanol–water partition coefficient (Wildman–Crippen LogP) is 4.75. The standard InChI is InChI=1S/C24H24N4O2/c1-14-8-10-15(11-9-14)21-20-17(12-24(2,3)13-18(20)29)25-22(27-21)28-23-26-16-6-4-5-7-19(16)30-23/h4-12,20-21H,13H2,1-3H3,(H2,25,26,27,28)/t20-,21-/m1/s1. The van der Waals surface area contributed by atoms with Crippen LogP contribution in [0.5, 0.6) is 0 Å². The molecule has 1 aliphatic carbocycles. The number of fused-ring (bicyclic) bond motifs is 2. The second-order valence-corrected chi connectivity index (χ2v) is 8.78. The van der Waals surface area contributed by atoms with Gasteiger partial charge >= 0.3 is 6.01 Å². The molecule has 0 spiro atoms. The maximum absolute atomic E-state index is 13.1. The van der Waals surface area contributed by atoms with Gasteiger partial charge in [-0.1, -0.05) is 61.9 Å². The van der Waals surface area contributed by atoms with Crippen molar-refractivity contribution in [3.63, 3.8) is 0 Å². The van der Waals surface area contributed by atoms with Crippen LogP contribution in [0.4, 0.5) is 6.01 Å². The molecule has 0 unspecified atom stereocenters. The lowest BCUT2D eigenvalue weighted by Gasteiger charge is -2.38. The minimum atomic E-state index is -0.310. The summed E-state index contributed by atoms with van der Waals surface area (Å²) in [5, 5.41) is 6.49. The van der Waals surface area contributed by atoms with Gasteiger partial charge in [-0.3, -0.25) is 10.1 Å². The van der Waals surface area contributed by atoms with Gasteiger partial charge in [0.2, 0.25) is 5.96 Å². The van der Waals surface area contributed by atoms with Crippen molar-refractivity contribution in [2.45, 2.75) is 33.2 Å². The van der Waals surface area contributed by atoms with E-state index >= 15 is 0 Å². The smallest absolute Gasteiger partial charge is 0.302 e. The zero-order valence-corrected chi connectivity index (χ0v) is 17.3. The number of Topliss-reactive ketones (excluding diaryl/α,β-unsaturated/α-hetero) is 1. The number of aryl methyl sites for hydroxylation is 1. The van der Waals surface area contributed by atoms with Gasteiger partial charge in [-0.25, -0.2) is 4.99 Å². The number of benzene rings is 2. The van der Waals surface area contributed by atoms with Gasteiger partial charge in [-0.2, -0.15) is 4.98 Å². The molecule has 6 nitrogen and oxygen atoms in total. The molecule has 0 bridgehead atoms. The third kappa shape index (κ3) is 3.38. The molecule has 1 aliphatic heterocycles. The van der Waals surface area contributed by atoms with Crippen LogP contribution in [0, 0.1) is 18.3 Å². The molecule has 1 aromatic heterocycles. The number of carbonyl (C=O) groups excluding carboxylic acids is 1. The second-order valence-electron chi connectivity index (χ2n) is 8.78. The van der Waals surface area contributed by atoms with Gasteiger partial charge in [0.25, 0.3) is 0 Å². The SMILES string of the molecule is Cc1ccc([C@H]2N=C(Nc3nc4ccccc4o3)NC3=CC(C)(C)CC(=O)[C@@H]32)cc1. The highest BCUT2D eigenvalue weighted by Gasteiger charge is 2.42. The van der Waals surface area contributed by atoms with Crippen molar-refractivity contribution in [3.05, 3.63) is 71.4 Å². The molecule has 5 rings (SSSR count). The molecule has 0 amide bonds. The number of aliphatic imine (C=N–C) groups is 1. The fourth-order valence-electron chi connectivity index (χ4n) is 4.26. The Bertz CT molecular complexity index is 1150. The van der Waals surface area contributed by atoms with Crippen LogP contribution in [0.25, 0.3) is 11.1 Å². The van der Waals surface area contributed by atoms with Crippen LogP contribution < -0.4 is 10.6 Å². The van der Waals surface area contributed by atoms with Crippen molar-refractivity contribution in [3.8, 4) is 0 Å². The Labute approximate surface area is 175 Å². The normalized spacial score (nSPS) is 22.7.